The van der Waals surface area contributed by atoms with Gasteiger partial charge in [-0.3, -0.25) is 4.79 Å². The molecule has 1 aliphatic rings. The number of carboxylic acid groups (broad SMARTS) is 2. The minimum absolute atomic E-state index is 0.472. The predicted octanol–water partition coefficient (Wildman–Crippen LogP) is 2.38. The summed E-state index contributed by atoms with van der Waals surface area (Å²) in [5.74, 6) is 1.32. The Balaban J connectivity index is 0.000000310. The van der Waals surface area contributed by atoms with E-state index < -0.39 is 6.16 Å². The van der Waals surface area contributed by atoms with Crippen molar-refractivity contribution in [3.05, 3.63) is 0 Å². The Morgan fingerprint density at radius 2 is 1.77 bits per heavy atom. The van der Waals surface area contributed by atoms with Gasteiger partial charge in [0.2, 0.25) is 0 Å². The van der Waals surface area contributed by atoms with Crippen molar-refractivity contribution in [1.82, 2.24) is 0 Å². The summed E-state index contributed by atoms with van der Waals surface area (Å²) in [4.78, 5) is 19.3. The molecular formula is C9H16O4. The standard InChI is InChI=1S/C8H14O.CH2O3/c1-2-7-3-5-8(9)6-4-7;2-1(3)4/h7H,2-6H2,1H3;(H2,2,3,4). The van der Waals surface area contributed by atoms with Crippen molar-refractivity contribution in [2.75, 3.05) is 0 Å². The maximum absolute atomic E-state index is 10.7. The minimum Gasteiger partial charge on any atom is -0.450 e. The molecule has 0 amide bonds. The van der Waals surface area contributed by atoms with Crippen LogP contribution in [-0.2, 0) is 4.79 Å². The molecule has 0 atom stereocenters. The zero-order chi connectivity index (χ0) is 10.3. The van der Waals surface area contributed by atoms with Crippen LogP contribution in [0, 0.1) is 5.92 Å². The summed E-state index contributed by atoms with van der Waals surface area (Å²) in [5, 5.41) is 13.9. The van der Waals surface area contributed by atoms with E-state index in [-0.39, 0.29) is 0 Å². The zero-order valence-corrected chi connectivity index (χ0v) is 7.82. The van der Waals surface area contributed by atoms with Gasteiger partial charge in [0.05, 0.1) is 0 Å². The summed E-state index contributed by atoms with van der Waals surface area (Å²) >= 11 is 0. The quantitative estimate of drug-likeness (QED) is 0.662. The van der Waals surface area contributed by atoms with Gasteiger partial charge in [0.25, 0.3) is 0 Å². The van der Waals surface area contributed by atoms with Gasteiger partial charge in [-0.1, -0.05) is 13.3 Å². The van der Waals surface area contributed by atoms with Gasteiger partial charge < -0.3 is 10.2 Å². The molecule has 0 aromatic rings. The van der Waals surface area contributed by atoms with Crippen molar-refractivity contribution >= 4 is 11.9 Å². The van der Waals surface area contributed by atoms with Gasteiger partial charge in [0.1, 0.15) is 5.78 Å². The molecule has 76 valence electrons. The molecule has 0 aliphatic heterocycles. The average molecular weight is 188 g/mol. The van der Waals surface area contributed by atoms with Gasteiger partial charge in [0, 0.05) is 12.8 Å². The molecule has 0 heterocycles. The van der Waals surface area contributed by atoms with Gasteiger partial charge in [-0.2, -0.15) is 0 Å². The molecule has 0 unspecified atom stereocenters. The van der Waals surface area contributed by atoms with Crippen molar-refractivity contribution in [3.63, 3.8) is 0 Å². The molecule has 1 rings (SSSR count). The number of hydrogen-bond acceptors (Lipinski definition) is 2. The lowest BCUT2D eigenvalue weighted by molar-refractivity contribution is -0.121. The Hall–Kier alpha value is -1.06. The second-order valence-corrected chi connectivity index (χ2v) is 3.17. The topological polar surface area (TPSA) is 74.6 Å². The molecule has 0 saturated heterocycles. The Morgan fingerprint density at radius 3 is 2.08 bits per heavy atom. The van der Waals surface area contributed by atoms with E-state index in [2.05, 4.69) is 6.92 Å². The van der Waals surface area contributed by atoms with E-state index in [0.29, 0.717) is 5.78 Å². The first-order valence-electron chi connectivity index (χ1n) is 4.49. The highest BCUT2D eigenvalue weighted by Crippen LogP contribution is 2.23. The third-order valence-electron chi connectivity index (χ3n) is 2.24. The first-order valence-corrected chi connectivity index (χ1v) is 4.49. The van der Waals surface area contributed by atoms with E-state index in [1.165, 1.54) is 6.42 Å². The average Bonchev–Trinajstić information content (AvgIpc) is 2.05. The van der Waals surface area contributed by atoms with Crippen LogP contribution in [0.5, 0.6) is 0 Å². The summed E-state index contributed by atoms with van der Waals surface area (Å²) in [7, 11) is 0. The molecule has 1 aliphatic carbocycles. The van der Waals surface area contributed by atoms with Gasteiger partial charge in [0.15, 0.2) is 0 Å². The molecule has 0 radical (unpaired) electrons. The number of carbonyl (C=O) groups is 2. The Labute approximate surface area is 77.6 Å². The Morgan fingerprint density at radius 1 is 1.38 bits per heavy atom. The Bertz CT molecular complexity index is 162. The fourth-order valence-corrected chi connectivity index (χ4v) is 1.41. The number of rotatable bonds is 1. The van der Waals surface area contributed by atoms with Crippen molar-refractivity contribution in [2.45, 2.75) is 39.0 Å². The van der Waals surface area contributed by atoms with E-state index in [1.807, 2.05) is 0 Å². The largest absolute Gasteiger partial charge is 0.503 e. The zero-order valence-electron chi connectivity index (χ0n) is 7.82. The van der Waals surface area contributed by atoms with E-state index in [9.17, 15) is 4.79 Å². The summed E-state index contributed by atoms with van der Waals surface area (Å²) in [5.41, 5.74) is 0. The predicted molar refractivity (Wildman–Crippen MR) is 47.9 cm³/mol. The Kier molecular flexibility index (Phi) is 5.93. The van der Waals surface area contributed by atoms with Crippen molar-refractivity contribution in [2.24, 2.45) is 5.92 Å². The first-order chi connectivity index (χ1) is 6.06. The maximum atomic E-state index is 10.7. The van der Waals surface area contributed by atoms with Crippen molar-refractivity contribution in [1.29, 1.82) is 0 Å². The highest BCUT2D eigenvalue weighted by molar-refractivity contribution is 5.78. The molecule has 0 spiro atoms. The van der Waals surface area contributed by atoms with Gasteiger partial charge >= 0.3 is 6.16 Å². The van der Waals surface area contributed by atoms with Crippen LogP contribution >= 0.6 is 0 Å². The fourth-order valence-electron chi connectivity index (χ4n) is 1.41. The lowest BCUT2D eigenvalue weighted by Gasteiger charge is -2.18. The highest BCUT2D eigenvalue weighted by atomic mass is 16.6. The SMILES string of the molecule is CCC1CCC(=O)CC1.O=C(O)O. The highest BCUT2D eigenvalue weighted by Gasteiger charge is 2.16. The normalized spacial score (nSPS) is 17.5. The van der Waals surface area contributed by atoms with Crippen LogP contribution in [0.15, 0.2) is 0 Å². The van der Waals surface area contributed by atoms with Crippen LogP contribution in [-0.4, -0.2) is 22.2 Å². The number of hydrogen-bond donors (Lipinski definition) is 2. The molecule has 1 fully saturated rings. The van der Waals surface area contributed by atoms with Gasteiger partial charge in [-0.05, 0) is 18.8 Å². The van der Waals surface area contributed by atoms with Crippen LogP contribution in [0.25, 0.3) is 0 Å². The number of ketones is 1. The van der Waals surface area contributed by atoms with Crippen molar-refractivity contribution < 1.29 is 19.8 Å². The van der Waals surface area contributed by atoms with E-state index in [4.69, 9.17) is 15.0 Å². The molecule has 0 aromatic heterocycles. The van der Waals surface area contributed by atoms with Crippen LogP contribution in [0.4, 0.5) is 4.79 Å². The minimum atomic E-state index is -1.83. The molecule has 2 N–H and O–H groups in total. The van der Waals surface area contributed by atoms with Crippen LogP contribution in [0.1, 0.15) is 39.0 Å². The second-order valence-electron chi connectivity index (χ2n) is 3.17. The van der Waals surface area contributed by atoms with E-state index in [0.717, 1.165) is 31.6 Å². The smallest absolute Gasteiger partial charge is 0.450 e. The number of carbonyl (C=O) groups excluding carboxylic acids is 1. The molecule has 0 bridgehead atoms. The molecule has 13 heavy (non-hydrogen) atoms. The van der Waals surface area contributed by atoms with E-state index >= 15 is 0 Å². The molecule has 1 saturated carbocycles. The summed E-state index contributed by atoms with van der Waals surface area (Å²) in [6, 6.07) is 0. The second kappa shape index (κ2) is 6.46. The van der Waals surface area contributed by atoms with Crippen LogP contribution in [0.2, 0.25) is 0 Å². The third-order valence-corrected chi connectivity index (χ3v) is 2.24. The summed E-state index contributed by atoms with van der Waals surface area (Å²) < 4.78 is 0. The third kappa shape index (κ3) is 7.31. The lowest BCUT2D eigenvalue weighted by Crippen LogP contribution is -2.12. The molecule has 0 aromatic carbocycles. The monoisotopic (exact) mass is 188 g/mol. The molecular weight excluding hydrogens is 172 g/mol. The molecule has 4 heteroatoms. The van der Waals surface area contributed by atoms with Crippen LogP contribution < -0.4 is 0 Å². The summed E-state index contributed by atoms with van der Waals surface area (Å²) in [6.07, 6.45) is 3.41. The van der Waals surface area contributed by atoms with Gasteiger partial charge in [-0.15, -0.1) is 0 Å². The van der Waals surface area contributed by atoms with E-state index in [1.54, 1.807) is 0 Å². The first kappa shape index (κ1) is 11.9. The maximum Gasteiger partial charge on any atom is 0.503 e. The summed E-state index contributed by atoms with van der Waals surface area (Å²) in [6.45, 7) is 2.21. The van der Waals surface area contributed by atoms with Crippen LogP contribution in [0.3, 0.4) is 0 Å². The number of Topliss-reactive ketones (excluding diaryl/α,β-unsaturated/α-hetero) is 1. The van der Waals surface area contributed by atoms with Gasteiger partial charge in [-0.25, -0.2) is 4.79 Å². The van der Waals surface area contributed by atoms with Crippen molar-refractivity contribution in [3.8, 4) is 0 Å². The molecule has 4 nitrogen and oxygen atoms in total. The fraction of sp³-hybridized carbons (Fsp3) is 0.778. The lowest BCUT2D eigenvalue weighted by atomic mass is 9.87.